The smallest absolute Gasteiger partial charge is 0.361 e. The first-order chi connectivity index (χ1) is 15.5. The van der Waals surface area contributed by atoms with Crippen molar-refractivity contribution in [2.24, 2.45) is 0 Å². The van der Waals surface area contributed by atoms with Crippen LogP contribution in [0, 0.1) is 6.92 Å². The highest BCUT2D eigenvalue weighted by molar-refractivity contribution is 5.47. The molecule has 0 aliphatic carbocycles. The molecule has 3 heterocycles. The zero-order valence-electron chi connectivity index (χ0n) is 17.4. The number of hydrogen-bond acceptors (Lipinski definition) is 6. The summed E-state index contributed by atoms with van der Waals surface area (Å²) in [6, 6.07) is 3.24. The van der Waals surface area contributed by atoms with E-state index in [0.29, 0.717) is 49.2 Å². The van der Waals surface area contributed by atoms with Gasteiger partial charge in [0.1, 0.15) is 0 Å². The molecule has 4 rings (SSSR count). The third-order valence-corrected chi connectivity index (χ3v) is 5.03. The second-order valence-corrected chi connectivity index (χ2v) is 7.69. The maximum Gasteiger partial charge on any atom is 0.416 e. The van der Waals surface area contributed by atoms with Gasteiger partial charge in [-0.1, -0.05) is 5.16 Å². The molecule has 0 amide bonds. The average molecular weight is 475 g/mol. The number of alkyl halides is 6. The van der Waals surface area contributed by atoms with Crippen LogP contribution >= 0.6 is 0 Å². The van der Waals surface area contributed by atoms with E-state index in [1.54, 1.807) is 17.7 Å². The Morgan fingerprint density at radius 2 is 1.70 bits per heavy atom. The van der Waals surface area contributed by atoms with Gasteiger partial charge in [0.15, 0.2) is 11.5 Å². The van der Waals surface area contributed by atoms with E-state index >= 15 is 0 Å². The first kappa shape index (κ1) is 23.2. The molecule has 13 heteroatoms. The molecule has 0 bridgehead atoms. The van der Waals surface area contributed by atoms with Gasteiger partial charge in [-0.15, -0.1) is 0 Å². The van der Waals surface area contributed by atoms with E-state index in [1.807, 2.05) is 4.90 Å². The number of benzene rings is 1. The van der Waals surface area contributed by atoms with Crippen LogP contribution in [-0.2, 0) is 36.8 Å². The number of nitrogens with zero attached hydrogens (tertiary/aromatic N) is 5. The highest BCUT2D eigenvalue weighted by atomic mass is 19.4. The Labute approximate surface area is 183 Å². The van der Waals surface area contributed by atoms with Crippen LogP contribution in [0.15, 0.2) is 28.8 Å². The molecule has 1 aromatic carbocycles. The lowest BCUT2D eigenvalue weighted by atomic mass is 10.1. The third-order valence-electron chi connectivity index (χ3n) is 5.03. The molecule has 7 nitrogen and oxygen atoms in total. The van der Waals surface area contributed by atoms with Crippen LogP contribution in [0.3, 0.4) is 0 Å². The fraction of sp³-hybridized carbons (Fsp3) is 0.450. The zero-order chi connectivity index (χ0) is 23.8. The van der Waals surface area contributed by atoms with E-state index in [1.165, 1.54) is 0 Å². The minimum absolute atomic E-state index is 0.0256. The molecule has 0 saturated carbocycles. The molecular formula is C20H19F6N5O2. The van der Waals surface area contributed by atoms with Gasteiger partial charge >= 0.3 is 12.4 Å². The molecule has 0 unspecified atom stereocenters. The second kappa shape index (κ2) is 8.78. The van der Waals surface area contributed by atoms with Crippen molar-refractivity contribution in [2.45, 2.75) is 45.4 Å². The maximum absolute atomic E-state index is 13.0. The molecule has 0 fully saturated rings. The van der Waals surface area contributed by atoms with Crippen molar-refractivity contribution in [2.75, 3.05) is 13.3 Å². The van der Waals surface area contributed by atoms with E-state index in [4.69, 9.17) is 9.26 Å². The molecule has 1 aliphatic heterocycles. The van der Waals surface area contributed by atoms with E-state index in [0.717, 1.165) is 12.1 Å². The SMILES string of the molecule is Cc1noc(-c2cc3n(n2)CCCN(COCc2cc(C(F)(F)F)cc(C(F)(F)F)c2)C3)n1. The number of halogens is 6. The monoisotopic (exact) mass is 475 g/mol. The maximum atomic E-state index is 13.0. The number of aryl methyl sites for hydroxylation is 2. The van der Waals surface area contributed by atoms with Crippen LogP contribution in [0.4, 0.5) is 26.3 Å². The summed E-state index contributed by atoms with van der Waals surface area (Å²) in [6.07, 6.45) is -9.07. The summed E-state index contributed by atoms with van der Waals surface area (Å²) in [5.41, 5.74) is -1.56. The Morgan fingerprint density at radius 1 is 1.00 bits per heavy atom. The van der Waals surface area contributed by atoms with Crippen molar-refractivity contribution >= 4 is 0 Å². The van der Waals surface area contributed by atoms with Crippen LogP contribution < -0.4 is 0 Å². The van der Waals surface area contributed by atoms with Gasteiger partial charge in [0.05, 0.1) is 30.2 Å². The minimum Gasteiger partial charge on any atom is -0.361 e. The molecule has 0 saturated heterocycles. The Balaban J connectivity index is 1.42. The highest BCUT2D eigenvalue weighted by Gasteiger charge is 2.36. The average Bonchev–Trinajstić information content (AvgIpc) is 3.28. The summed E-state index contributed by atoms with van der Waals surface area (Å²) < 4.78 is 90.5. The van der Waals surface area contributed by atoms with Gasteiger partial charge in [0.2, 0.25) is 0 Å². The topological polar surface area (TPSA) is 69.2 Å². The summed E-state index contributed by atoms with van der Waals surface area (Å²) >= 11 is 0. The van der Waals surface area contributed by atoms with Crippen LogP contribution in [0.25, 0.3) is 11.6 Å². The molecule has 178 valence electrons. The summed E-state index contributed by atoms with van der Waals surface area (Å²) in [6.45, 7) is 3.00. The predicted molar refractivity (Wildman–Crippen MR) is 101 cm³/mol. The molecule has 0 atom stereocenters. The van der Waals surface area contributed by atoms with Gasteiger partial charge in [-0.3, -0.25) is 9.58 Å². The Kier molecular flexibility index (Phi) is 6.18. The lowest BCUT2D eigenvalue weighted by Gasteiger charge is -2.20. The van der Waals surface area contributed by atoms with E-state index in [2.05, 4.69) is 15.2 Å². The van der Waals surface area contributed by atoms with Gasteiger partial charge in [0, 0.05) is 19.6 Å². The van der Waals surface area contributed by atoms with Crippen LogP contribution in [0.5, 0.6) is 0 Å². The lowest BCUT2D eigenvalue weighted by Crippen LogP contribution is -2.26. The van der Waals surface area contributed by atoms with Crippen molar-refractivity contribution < 1.29 is 35.6 Å². The Bertz CT molecular complexity index is 1090. The summed E-state index contributed by atoms with van der Waals surface area (Å²) in [4.78, 5) is 6.04. The van der Waals surface area contributed by atoms with Crippen LogP contribution in [0.1, 0.15) is 34.6 Å². The summed E-state index contributed by atoms with van der Waals surface area (Å²) in [7, 11) is 0. The normalized spacial score (nSPS) is 15.5. The summed E-state index contributed by atoms with van der Waals surface area (Å²) in [5.74, 6) is 0.771. The number of hydrogen-bond donors (Lipinski definition) is 0. The Morgan fingerprint density at radius 3 is 2.30 bits per heavy atom. The van der Waals surface area contributed by atoms with Crippen molar-refractivity contribution in [1.29, 1.82) is 0 Å². The first-order valence-electron chi connectivity index (χ1n) is 9.95. The Hall–Kier alpha value is -2.93. The molecule has 0 radical (unpaired) electrons. The molecule has 0 N–H and O–H groups in total. The molecule has 0 spiro atoms. The van der Waals surface area contributed by atoms with Gasteiger partial charge < -0.3 is 9.26 Å². The van der Waals surface area contributed by atoms with Crippen molar-refractivity contribution in [3.8, 4) is 11.6 Å². The number of rotatable bonds is 5. The molecule has 2 aromatic heterocycles. The van der Waals surface area contributed by atoms with Gasteiger partial charge in [0.25, 0.3) is 5.89 Å². The lowest BCUT2D eigenvalue weighted by molar-refractivity contribution is -0.143. The number of fused-ring (bicyclic) bond motifs is 1. The van der Waals surface area contributed by atoms with Crippen molar-refractivity contribution in [3.05, 3.63) is 52.5 Å². The molecule has 1 aliphatic rings. The third kappa shape index (κ3) is 5.53. The summed E-state index contributed by atoms with van der Waals surface area (Å²) in [5, 5.41) is 8.20. The molecular weight excluding hydrogens is 456 g/mol. The second-order valence-electron chi connectivity index (χ2n) is 7.69. The van der Waals surface area contributed by atoms with Crippen LogP contribution in [0.2, 0.25) is 0 Å². The quantitative estimate of drug-likeness (QED) is 0.500. The van der Waals surface area contributed by atoms with Crippen molar-refractivity contribution in [1.82, 2.24) is 24.8 Å². The number of aromatic nitrogens is 4. The predicted octanol–water partition coefficient (Wildman–Crippen LogP) is 4.66. The largest absolute Gasteiger partial charge is 0.416 e. The zero-order valence-corrected chi connectivity index (χ0v) is 17.4. The first-order valence-corrected chi connectivity index (χ1v) is 9.95. The fourth-order valence-electron chi connectivity index (χ4n) is 3.54. The van der Waals surface area contributed by atoms with Gasteiger partial charge in [-0.2, -0.15) is 36.4 Å². The highest BCUT2D eigenvalue weighted by Crippen LogP contribution is 2.36. The minimum atomic E-state index is -4.90. The van der Waals surface area contributed by atoms with Gasteiger partial charge in [-0.05, 0) is 43.2 Å². The van der Waals surface area contributed by atoms with Gasteiger partial charge in [-0.25, -0.2) is 0 Å². The van der Waals surface area contributed by atoms with E-state index in [-0.39, 0.29) is 18.4 Å². The molecule has 33 heavy (non-hydrogen) atoms. The fourth-order valence-corrected chi connectivity index (χ4v) is 3.54. The van der Waals surface area contributed by atoms with E-state index in [9.17, 15) is 26.3 Å². The standard InChI is InChI=1S/C20H19F6N5O2/c1-12-27-18(33-29-12)17-8-16-9-30(3-2-4-31(16)28-17)11-32-10-13-5-14(19(21,22)23)7-15(6-13)20(24,25)26/h5-8H,2-4,9-11H2,1H3. The number of ether oxygens (including phenoxy) is 1. The van der Waals surface area contributed by atoms with Crippen molar-refractivity contribution in [3.63, 3.8) is 0 Å². The van der Waals surface area contributed by atoms with Crippen LogP contribution in [-0.4, -0.2) is 38.1 Å². The van der Waals surface area contributed by atoms with E-state index < -0.39 is 30.1 Å². The molecule has 3 aromatic rings.